The number of carbonyl (C=O) groups is 2. The number of hydrogen-bond donors (Lipinski definition) is 1. The highest BCUT2D eigenvalue weighted by atomic mass is 16.2. The van der Waals surface area contributed by atoms with Crippen molar-refractivity contribution in [3.05, 3.63) is 12.2 Å². The molecule has 1 N–H and O–H groups in total. The van der Waals surface area contributed by atoms with Crippen LogP contribution in [0.2, 0.25) is 0 Å². The van der Waals surface area contributed by atoms with Crippen LogP contribution in [0.4, 0.5) is 0 Å². The number of rotatable bonds is 4. The molecule has 4 heteroatoms. The molecule has 0 aromatic heterocycles. The molecular weight excluding hydrogens is 180 g/mol. The van der Waals surface area contributed by atoms with Gasteiger partial charge in [-0.25, -0.2) is 0 Å². The molecule has 0 aromatic rings. The van der Waals surface area contributed by atoms with Crippen LogP contribution >= 0.6 is 0 Å². The average molecular weight is 200 g/mol. The Morgan fingerprint density at radius 1 is 1.50 bits per heavy atom. The second-order valence-corrected chi connectivity index (χ2v) is 3.47. The van der Waals surface area contributed by atoms with Crippen molar-refractivity contribution < 1.29 is 11.0 Å². The van der Waals surface area contributed by atoms with Crippen LogP contribution in [0, 0.1) is 0 Å². The zero-order valence-electron chi connectivity index (χ0n) is 9.20. The van der Waals surface area contributed by atoms with Gasteiger partial charge in [0.25, 0.3) is 0 Å². The molecule has 0 unspecified atom stereocenters. The summed E-state index contributed by atoms with van der Waals surface area (Å²) in [5.41, 5.74) is 0. The Balaban J connectivity index is 0. The Bertz CT molecular complexity index is 240. The number of amides is 2. The van der Waals surface area contributed by atoms with Crippen LogP contribution in [0.15, 0.2) is 12.2 Å². The first-order chi connectivity index (χ1) is 6.43. The molecule has 0 rings (SSSR count). The highest BCUT2D eigenvalue weighted by Crippen LogP contribution is 1.85. The van der Waals surface area contributed by atoms with E-state index < -0.39 is 0 Å². The number of likely N-dealkylation sites (N-methyl/N-ethyl adjacent to an activating group) is 1. The van der Waals surface area contributed by atoms with E-state index in [4.69, 9.17) is 0 Å². The van der Waals surface area contributed by atoms with Crippen LogP contribution in [0.5, 0.6) is 0 Å². The van der Waals surface area contributed by atoms with E-state index in [0.717, 1.165) is 0 Å². The molecule has 4 nitrogen and oxygen atoms in total. The summed E-state index contributed by atoms with van der Waals surface area (Å²) in [4.78, 5) is 23.4. The lowest BCUT2D eigenvalue weighted by molar-refractivity contribution is -0.127. The number of nitrogens with one attached hydrogen (secondary N) is 1. The molecule has 0 spiro atoms. The summed E-state index contributed by atoms with van der Waals surface area (Å²) in [6.07, 6.45) is 3.11. The molecule has 0 aliphatic rings. The summed E-state index contributed by atoms with van der Waals surface area (Å²) in [6.45, 7) is 5.74. The second-order valence-electron chi connectivity index (χ2n) is 3.47. The van der Waals surface area contributed by atoms with Crippen LogP contribution in [-0.2, 0) is 9.59 Å². The monoisotopic (exact) mass is 200 g/mol. The van der Waals surface area contributed by atoms with Gasteiger partial charge in [-0.1, -0.05) is 6.08 Å². The Morgan fingerprint density at radius 2 is 2.07 bits per heavy atom. The van der Waals surface area contributed by atoms with Crippen molar-refractivity contribution in [2.45, 2.75) is 26.8 Å². The first kappa shape index (κ1) is 12.7. The van der Waals surface area contributed by atoms with Gasteiger partial charge in [0.1, 0.15) is 0 Å². The standard InChI is InChI=1S/C10H18N2O2.H2/c1-8(2)11-10(14)6-5-7-12(4)9(3)13;/h5-6,8H,7H2,1-4H3,(H,11,14);1H/b6-5+;. The molecule has 2 amide bonds. The van der Waals surface area contributed by atoms with Crippen LogP contribution in [-0.4, -0.2) is 36.3 Å². The van der Waals surface area contributed by atoms with Gasteiger partial charge in [0, 0.05) is 34.1 Å². The van der Waals surface area contributed by atoms with Gasteiger partial charge in [0.05, 0.1) is 0 Å². The molecule has 0 aliphatic carbocycles. The molecule has 0 fully saturated rings. The van der Waals surface area contributed by atoms with Gasteiger partial charge in [-0.15, -0.1) is 0 Å². The molecule has 0 heterocycles. The van der Waals surface area contributed by atoms with Crippen molar-refractivity contribution in [1.82, 2.24) is 10.2 Å². The maximum Gasteiger partial charge on any atom is 0.243 e. The third-order valence-corrected chi connectivity index (χ3v) is 1.62. The predicted octanol–water partition coefficient (Wildman–Crippen LogP) is 0.791. The summed E-state index contributed by atoms with van der Waals surface area (Å²) in [7, 11) is 1.69. The predicted molar refractivity (Wildman–Crippen MR) is 57.8 cm³/mol. The highest BCUT2D eigenvalue weighted by Gasteiger charge is 1.99. The third kappa shape index (κ3) is 6.22. The molecule has 0 aliphatic heterocycles. The first-order valence-corrected chi connectivity index (χ1v) is 4.62. The minimum atomic E-state index is -0.128. The zero-order chi connectivity index (χ0) is 11.1. The topological polar surface area (TPSA) is 49.4 Å². The van der Waals surface area contributed by atoms with E-state index in [1.165, 1.54) is 17.9 Å². The van der Waals surface area contributed by atoms with Crippen LogP contribution in [0.1, 0.15) is 22.2 Å². The summed E-state index contributed by atoms with van der Waals surface area (Å²) in [5.74, 6) is -0.143. The fourth-order valence-corrected chi connectivity index (χ4v) is 0.779. The van der Waals surface area contributed by atoms with E-state index in [1.54, 1.807) is 13.1 Å². The fraction of sp³-hybridized carbons (Fsp3) is 0.600. The lowest BCUT2D eigenvalue weighted by Crippen LogP contribution is -2.29. The van der Waals surface area contributed by atoms with E-state index in [9.17, 15) is 9.59 Å². The molecule has 0 bridgehead atoms. The Morgan fingerprint density at radius 3 is 2.50 bits per heavy atom. The summed E-state index contributed by atoms with van der Waals surface area (Å²) in [5, 5.41) is 2.72. The number of nitrogens with zero attached hydrogens (tertiary/aromatic N) is 1. The van der Waals surface area contributed by atoms with Crippen LogP contribution in [0.25, 0.3) is 0 Å². The SMILES string of the molecule is CC(=O)N(C)C/C=C/C(=O)NC(C)C.[HH]. The van der Waals surface area contributed by atoms with Crippen molar-refractivity contribution in [2.75, 3.05) is 13.6 Å². The molecule has 0 atom stereocenters. The van der Waals surface area contributed by atoms with E-state index in [-0.39, 0.29) is 19.3 Å². The molecule has 0 saturated carbocycles. The first-order valence-electron chi connectivity index (χ1n) is 4.62. The van der Waals surface area contributed by atoms with E-state index in [2.05, 4.69) is 5.32 Å². The van der Waals surface area contributed by atoms with Gasteiger partial charge in [-0.2, -0.15) is 0 Å². The highest BCUT2D eigenvalue weighted by molar-refractivity contribution is 5.87. The van der Waals surface area contributed by atoms with Crippen molar-refractivity contribution in [3.8, 4) is 0 Å². The fourth-order valence-electron chi connectivity index (χ4n) is 0.779. The summed E-state index contributed by atoms with van der Waals surface area (Å²) < 4.78 is 0. The maximum atomic E-state index is 11.1. The lowest BCUT2D eigenvalue weighted by Gasteiger charge is -2.11. The minimum Gasteiger partial charge on any atom is -0.350 e. The number of carbonyl (C=O) groups excluding carboxylic acids is 2. The van der Waals surface area contributed by atoms with E-state index in [1.807, 2.05) is 13.8 Å². The van der Waals surface area contributed by atoms with Gasteiger partial charge < -0.3 is 10.2 Å². The molecule has 0 radical (unpaired) electrons. The van der Waals surface area contributed by atoms with Gasteiger partial charge in [0.15, 0.2) is 0 Å². The van der Waals surface area contributed by atoms with E-state index in [0.29, 0.717) is 6.54 Å². The maximum absolute atomic E-state index is 11.1. The van der Waals surface area contributed by atoms with Gasteiger partial charge in [-0.3, -0.25) is 9.59 Å². The Kier molecular flexibility index (Phi) is 5.60. The third-order valence-electron chi connectivity index (χ3n) is 1.62. The molecular formula is C10H20N2O2. The van der Waals surface area contributed by atoms with Gasteiger partial charge in [-0.05, 0) is 13.8 Å². The molecule has 0 aromatic carbocycles. The van der Waals surface area contributed by atoms with Crippen LogP contribution in [0.3, 0.4) is 0 Å². The average Bonchev–Trinajstić information content (AvgIpc) is 2.02. The summed E-state index contributed by atoms with van der Waals surface area (Å²) >= 11 is 0. The zero-order valence-corrected chi connectivity index (χ0v) is 9.20. The van der Waals surface area contributed by atoms with Crippen molar-refractivity contribution in [3.63, 3.8) is 0 Å². The minimum absolute atomic E-state index is 0. The Hall–Kier alpha value is -1.32. The van der Waals surface area contributed by atoms with Crippen molar-refractivity contribution in [2.24, 2.45) is 0 Å². The lowest BCUT2D eigenvalue weighted by atomic mass is 10.3. The van der Waals surface area contributed by atoms with E-state index >= 15 is 0 Å². The Labute approximate surface area is 86.5 Å². The molecule has 82 valence electrons. The van der Waals surface area contributed by atoms with Crippen LogP contribution < -0.4 is 5.32 Å². The molecule has 0 saturated heterocycles. The second kappa shape index (κ2) is 6.18. The van der Waals surface area contributed by atoms with Crippen molar-refractivity contribution in [1.29, 1.82) is 0 Å². The van der Waals surface area contributed by atoms with Crippen molar-refractivity contribution >= 4 is 11.8 Å². The van der Waals surface area contributed by atoms with Gasteiger partial charge >= 0.3 is 0 Å². The normalized spacial score (nSPS) is 10.6. The molecule has 14 heavy (non-hydrogen) atoms. The largest absolute Gasteiger partial charge is 0.350 e. The van der Waals surface area contributed by atoms with Gasteiger partial charge in [0.2, 0.25) is 11.8 Å². The number of hydrogen-bond acceptors (Lipinski definition) is 2. The summed E-state index contributed by atoms with van der Waals surface area (Å²) in [6, 6.07) is 0.137. The quantitative estimate of drug-likeness (QED) is 0.682. The smallest absolute Gasteiger partial charge is 0.243 e.